The lowest BCUT2D eigenvalue weighted by Gasteiger charge is -2.29. The molecular weight excluding hydrogens is 346 g/mol. The van der Waals surface area contributed by atoms with Gasteiger partial charge in [0.15, 0.2) is 5.82 Å². The second kappa shape index (κ2) is 7.56. The van der Waals surface area contributed by atoms with Gasteiger partial charge < -0.3 is 21.1 Å². The summed E-state index contributed by atoms with van der Waals surface area (Å²) < 4.78 is 6.78. The van der Waals surface area contributed by atoms with E-state index in [1.165, 1.54) is 6.20 Å². The van der Waals surface area contributed by atoms with Crippen LogP contribution in [0.1, 0.15) is 25.7 Å². The number of nitrogens with zero attached hydrogens (tertiary/aromatic N) is 4. The standard InChI is InChI=1S/C15H20ClN7O2/c1-23-8-10(6-19-23)21-15-18-7-12(16)13(22-15)20-9-3-2-4-11(5-9)25-14(17)24/h6-9,11H,2-5H2,1H3,(H2,17,24)(H2,18,20,21,22). The van der Waals surface area contributed by atoms with Crippen LogP contribution < -0.4 is 16.4 Å². The largest absolute Gasteiger partial charge is 0.446 e. The molecule has 2 aromatic heterocycles. The van der Waals surface area contributed by atoms with E-state index in [2.05, 4.69) is 25.7 Å². The number of primary amides is 1. The van der Waals surface area contributed by atoms with Crippen LogP contribution in [0.25, 0.3) is 0 Å². The molecule has 134 valence electrons. The molecule has 25 heavy (non-hydrogen) atoms. The Morgan fingerprint density at radius 3 is 3.00 bits per heavy atom. The molecule has 2 unspecified atom stereocenters. The molecule has 1 aliphatic carbocycles. The molecule has 9 nitrogen and oxygen atoms in total. The van der Waals surface area contributed by atoms with Gasteiger partial charge in [0.1, 0.15) is 11.1 Å². The number of ether oxygens (including phenoxy) is 1. The Morgan fingerprint density at radius 1 is 1.44 bits per heavy atom. The molecule has 0 aromatic carbocycles. The van der Waals surface area contributed by atoms with Gasteiger partial charge >= 0.3 is 6.09 Å². The number of carbonyl (C=O) groups is 1. The molecule has 0 aliphatic heterocycles. The molecule has 0 spiro atoms. The van der Waals surface area contributed by atoms with Gasteiger partial charge in [-0.2, -0.15) is 10.1 Å². The summed E-state index contributed by atoms with van der Waals surface area (Å²) in [5.41, 5.74) is 5.88. The Balaban J connectivity index is 1.67. The summed E-state index contributed by atoms with van der Waals surface area (Å²) in [5.74, 6) is 0.952. The molecule has 2 aromatic rings. The van der Waals surface area contributed by atoms with Gasteiger partial charge in [-0.3, -0.25) is 4.68 Å². The van der Waals surface area contributed by atoms with E-state index in [1.54, 1.807) is 10.9 Å². The van der Waals surface area contributed by atoms with Crippen molar-refractivity contribution in [2.45, 2.75) is 37.8 Å². The van der Waals surface area contributed by atoms with Crippen LogP contribution in [0.15, 0.2) is 18.6 Å². The number of aromatic nitrogens is 4. The van der Waals surface area contributed by atoms with Gasteiger partial charge in [-0.05, 0) is 19.3 Å². The molecule has 0 radical (unpaired) electrons. The maximum absolute atomic E-state index is 10.9. The monoisotopic (exact) mass is 365 g/mol. The van der Waals surface area contributed by atoms with Crippen LogP contribution in [-0.4, -0.2) is 38.0 Å². The third-order valence-corrected chi connectivity index (χ3v) is 4.23. The first-order valence-electron chi connectivity index (χ1n) is 8.00. The van der Waals surface area contributed by atoms with Gasteiger partial charge in [0.25, 0.3) is 0 Å². The van der Waals surface area contributed by atoms with Crippen molar-refractivity contribution in [3.63, 3.8) is 0 Å². The first-order chi connectivity index (χ1) is 12.0. The highest BCUT2D eigenvalue weighted by Crippen LogP contribution is 2.27. The molecule has 3 rings (SSSR count). The first kappa shape index (κ1) is 17.3. The molecule has 1 amide bonds. The maximum Gasteiger partial charge on any atom is 0.404 e. The second-order valence-corrected chi connectivity index (χ2v) is 6.39. The van der Waals surface area contributed by atoms with E-state index in [0.29, 0.717) is 23.2 Å². The van der Waals surface area contributed by atoms with Crippen molar-refractivity contribution in [2.75, 3.05) is 10.6 Å². The van der Waals surface area contributed by atoms with Crippen LogP contribution in [0.2, 0.25) is 5.02 Å². The lowest BCUT2D eigenvalue weighted by molar-refractivity contribution is 0.0796. The minimum atomic E-state index is -0.742. The molecule has 2 heterocycles. The van der Waals surface area contributed by atoms with Crippen molar-refractivity contribution in [2.24, 2.45) is 12.8 Å². The van der Waals surface area contributed by atoms with Gasteiger partial charge in [0.05, 0.1) is 18.1 Å². The number of amides is 1. The van der Waals surface area contributed by atoms with Crippen molar-refractivity contribution < 1.29 is 9.53 Å². The number of hydrogen-bond donors (Lipinski definition) is 3. The highest BCUT2D eigenvalue weighted by atomic mass is 35.5. The third kappa shape index (κ3) is 4.72. The zero-order valence-electron chi connectivity index (χ0n) is 13.8. The van der Waals surface area contributed by atoms with E-state index < -0.39 is 6.09 Å². The number of carbonyl (C=O) groups excluding carboxylic acids is 1. The van der Waals surface area contributed by atoms with Crippen LogP contribution in [0.5, 0.6) is 0 Å². The molecule has 0 bridgehead atoms. The highest BCUT2D eigenvalue weighted by Gasteiger charge is 2.25. The summed E-state index contributed by atoms with van der Waals surface area (Å²) >= 11 is 6.21. The lowest BCUT2D eigenvalue weighted by atomic mass is 9.93. The van der Waals surface area contributed by atoms with Crippen LogP contribution in [0, 0.1) is 0 Å². The van der Waals surface area contributed by atoms with Gasteiger partial charge in [-0.15, -0.1) is 0 Å². The average Bonchev–Trinajstić information content (AvgIpc) is 2.95. The fourth-order valence-electron chi connectivity index (χ4n) is 2.88. The Bertz CT molecular complexity index is 751. The van der Waals surface area contributed by atoms with Crippen molar-refractivity contribution >= 4 is 35.1 Å². The van der Waals surface area contributed by atoms with Crippen LogP contribution >= 0.6 is 11.6 Å². The summed E-state index contributed by atoms with van der Waals surface area (Å²) in [6, 6.07) is 0.0942. The number of rotatable bonds is 5. The Labute approximate surface area is 149 Å². The number of nitrogens with two attached hydrogens (primary N) is 1. The molecule has 1 fully saturated rings. The summed E-state index contributed by atoms with van der Waals surface area (Å²) in [5, 5.41) is 10.9. The third-order valence-electron chi connectivity index (χ3n) is 3.95. The zero-order valence-corrected chi connectivity index (χ0v) is 14.5. The fraction of sp³-hybridized carbons (Fsp3) is 0.467. The van der Waals surface area contributed by atoms with E-state index in [-0.39, 0.29) is 12.1 Å². The van der Waals surface area contributed by atoms with Crippen LogP contribution in [0.3, 0.4) is 0 Å². The summed E-state index contributed by atoms with van der Waals surface area (Å²) in [4.78, 5) is 19.5. The van der Waals surface area contributed by atoms with Crippen LogP contribution in [0.4, 0.5) is 22.2 Å². The summed E-state index contributed by atoms with van der Waals surface area (Å²) in [6.45, 7) is 0. The van der Waals surface area contributed by atoms with Crippen molar-refractivity contribution in [1.82, 2.24) is 19.7 Å². The van der Waals surface area contributed by atoms with E-state index in [9.17, 15) is 4.79 Å². The predicted octanol–water partition coefficient (Wildman–Crippen LogP) is 2.43. The predicted molar refractivity (Wildman–Crippen MR) is 93.9 cm³/mol. The molecular formula is C15H20ClN7O2. The quantitative estimate of drug-likeness (QED) is 0.744. The zero-order chi connectivity index (χ0) is 17.8. The minimum absolute atomic E-state index is 0.0942. The fourth-order valence-corrected chi connectivity index (χ4v) is 3.03. The number of aryl methyl sites for hydroxylation is 1. The maximum atomic E-state index is 10.9. The van der Waals surface area contributed by atoms with Crippen molar-refractivity contribution in [3.8, 4) is 0 Å². The van der Waals surface area contributed by atoms with Gasteiger partial charge in [0, 0.05) is 25.7 Å². The first-order valence-corrected chi connectivity index (χ1v) is 8.38. The number of nitrogens with one attached hydrogen (secondary N) is 2. The van der Waals surface area contributed by atoms with Crippen LogP contribution in [-0.2, 0) is 11.8 Å². The molecule has 2 atom stereocenters. The van der Waals surface area contributed by atoms with Gasteiger partial charge in [0.2, 0.25) is 5.95 Å². The van der Waals surface area contributed by atoms with Crippen molar-refractivity contribution in [1.29, 1.82) is 0 Å². The number of anilines is 3. The van der Waals surface area contributed by atoms with E-state index in [0.717, 1.165) is 24.9 Å². The topological polar surface area (TPSA) is 120 Å². The Hall–Kier alpha value is -2.55. The van der Waals surface area contributed by atoms with E-state index >= 15 is 0 Å². The smallest absolute Gasteiger partial charge is 0.404 e. The Kier molecular flexibility index (Phi) is 5.22. The SMILES string of the molecule is Cn1cc(Nc2ncc(Cl)c(NC3CCCC(OC(N)=O)C3)n2)cn1. The van der Waals surface area contributed by atoms with Crippen molar-refractivity contribution in [3.05, 3.63) is 23.6 Å². The van der Waals surface area contributed by atoms with E-state index in [1.807, 2.05) is 13.2 Å². The normalized spacial score (nSPS) is 20.1. The van der Waals surface area contributed by atoms with Gasteiger partial charge in [-0.25, -0.2) is 9.78 Å². The highest BCUT2D eigenvalue weighted by molar-refractivity contribution is 6.32. The van der Waals surface area contributed by atoms with E-state index in [4.69, 9.17) is 22.1 Å². The number of halogens is 1. The van der Waals surface area contributed by atoms with Gasteiger partial charge in [-0.1, -0.05) is 11.6 Å². The Morgan fingerprint density at radius 2 is 2.28 bits per heavy atom. The average molecular weight is 366 g/mol. The molecule has 1 aliphatic rings. The summed E-state index contributed by atoms with van der Waals surface area (Å²) in [6.07, 6.45) is 7.45. The lowest BCUT2D eigenvalue weighted by Crippen LogP contribution is -2.34. The molecule has 4 N–H and O–H groups in total. The minimum Gasteiger partial charge on any atom is -0.446 e. The summed E-state index contributed by atoms with van der Waals surface area (Å²) in [7, 11) is 1.83. The number of hydrogen-bond acceptors (Lipinski definition) is 7. The molecule has 10 heteroatoms. The second-order valence-electron chi connectivity index (χ2n) is 5.98. The molecule has 0 saturated heterocycles. The molecule has 1 saturated carbocycles.